The molecule has 0 aliphatic rings. The van der Waals surface area contributed by atoms with Gasteiger partial charge in [0.2, 0.25) is 0 Å². The standard InChI is InChI=1S/C15H17BrN2O/c1-10-8-12(4-6-14(10)19-3)9-17-13-5-7-15(16)18-11(13)2/h4-8,17H,9H2,1-3H3. The number of anilines is 1. The minimum atomic E-state index is 0.773. The fourth-order valence-corrected chi connectivity index (χ4v) is 2.36. The van der Waals surface area contributed by atoms with Crippen LogP contribution in [0.1, 0.15) is 16.8 Å². The molecule has 19 heavy (non-hydrogen) atoms. The monoisotopic (exact) mass is 320 g/mol. The van der Waals surface area contributed by atoms with E-state index in [9.17, 15) is 0 Å². The fraction of sp³-hybridized carbons (Fsp3) is 0.267. The van der Waals surface area contributed by atoms with Gasteiger partial charge in [0.25, 0.3) is 0 Å². The molecular weight excluding hydrogens is 304 g/mol. The van der Waals surface area contributed by atoms with Gasteiger partial charge in [-0.1, -0.05) is 12.1 Å². The van der Waals surface area contributed by atoms with Crippen molar-refractivity contribution in [1.82, 2.24) is 4.98 Å². The SMILES string of the molecule is COc1ccc(CNc2ccc(Br)nc2C)cc1C. The minimum Gasteiger partial charge on any atom is -0.496 e. The molecule has 0 bridgehead atoms. The van der Waals surface area contributed by atoms with Gasteiger partial charge in [-0.05, 0) is 59.1 Å². The maximum Gasteiger partial charge on any atom is 0.121 e. The molecule has 0 unspecified atom stereocenters. The second-order valence-corrected chi connectivity index (χ2v) is 5.24. The van der Waals surface area contributed by atoms with Gasteiger partial charge in [-0.15, -0.1) is 0 Å². The Morgan fingerprint density at radius 1 is 1.21 bits per heavy atom. The first-order valence-electron chi connectivity index (χ1n) is 6.10. The average molecular weight is 321 g/mol. The van der Waals surface area contributed by atoms with E-state index in [1.807, 2.05) is 25.1 Å². The van der Waals surface area contributed by atoms with Gasteiger partial charge in [0, 0.05) is 6.54 Å². The van der Waals surface area contributed by atoms with Crippen LogP contribution in [-0.2, 0) is 6.54 Å². The molecule has 0 saturated carbocycles. The van der Waals surface area contributed by atoms with Crippen LogP contribution >= 0.6 is 15.9 Å². The van der Waals surface area contributed by atoms with Crippen molar-refractivity contribution in [2.45, 2.75) is 20.4 Å². The Kier molecular flexibility index (Phi) is 4.43. The summed E-state index contributed by atoms with van der Waals surface area (Å²) in [5.41, 5.74) is 4.41. The van der Waals surface area contributed by atoms with Gasteiger partial charge in [-0.2, -0.15) is 0 Å². The third kappa shape index (κ3) is 3.47. The maximum absolute atomic E-state index is 5.26. The summed E-state index contributed by atoms with van der Waals surface area (Å²) in [6.45, 7) is 4.82. The molecule has 0 amide bonds. The molecule has 0 radical (unpaired) electrons. The van der Waals surface area contributed by atoms with Crippen molar-refractivity contribution in [3.63, 3.8) is 0 Å². The van der Waals surface area contributed by atoms with Crippen LogP contribution in [0.5, 0.6) is 5.75 Å². The third-order valence-corrected chi connectivity index (χ3v) is 3.44. The van der Waals surface area contributed by atoms with Crippen molar-refractivity contribution in [3.8, 4) is 5.75 Å². The Labute approximate surface area is 122 Å². The Morgan fingerprint density at radius 2 is 2.00 bits per heavy atom. The van der Waals surface area contributed by atoms with Crippen molar-refractivity contribution < 1.29 is 4.74 Å². The van der Waals surface area contributed by atoms with Gasteiger partial charge in [-0.25, -0.2) is 4.98 Å². The molecule has 0 aliphatic heterocycles. The van der Waals surface area contributed by atoms with Crippen LogP contribution < -0.4 is 10.1 Å². The zero-order valence-electron chi connectivity index (χ0n) is 11.3. The molecule has 0 atom stereocenters. The van der Waals surface area contributed by atoms with E-state index in [1.165, 1.54) is 5.56 Å². The van der Waals surface area contributed by atoms with Gasteiger partial charge in [-0.3, -0.25) is 0 Å². The number of aryl methyl sites for hydroxylation is 2. The van der Waals surface area contributed by atoms with E-state index in [2.05, 4.69) is 45.3 Å². The van der Waals surface area contributed by atoms with Crippen LogP contribution in [0.2, 0.25) is 0 Å². The largest absolute Gasteiger partial charge is 0.496 e. The Hall–Kier alpha value is -1.55. The van der Waals surface area contributed by atoms with Crippen molar-refractivity contribution in [3.05, 3.63) is 51.8 Å². The molecule has 1 N–H and O–H groups in total. The quantitative estimate of drug-likeness (QED) is 0.862. The summed E-state index contributed by atoms with van der Waals surface area (Å²) in [6, 6.07) is 10.2. The van der Waals surface area contributed by atoms with E-state index in [1.54, 1.807) is 7.11 Å². The van der Waals surface area contributed by atoms with Gasteiger partial charge < -0.3 is 10.1 Å². The van der Waals surface area contributed by atoms with Crippen molar-refractivity contribution in [2.75, 3.05) is 12.4 Å². The highest BCUT2D eigenvalue weighted by atomic mass is 79.9. The summed E-state index contributed by atoms with van der Waals surface area (Å²) in [4.78, 5) is 4.36. The molecular formula is C15H17BrN2O. The highest BCUT2D eigenvalue weighted by Gasteiger charge is 2.02. The van der Waals surface area contributed by atoms with Gasteiger partial charge in [0.15, 0.2) is 0 Å². The number of benzene rings is 1. The topological polar surface area (TPSA) is 34.1 Å². The van der Waals surface area contributed by atoms with E-state index < -0.39 is 0 Å². The molecule has 0 spiro atoms. The lowest BCUT2D eigenvalue weighted by molar-refractivity contribution is 0.411. The summed E-state index contributed by atoms with van der Waals surface area (Å²) in [5, 5.41) is 3.40. The van der Waals surface area contributed by atoms with Crippen LogP contribution in [-0.4, -0.2) is 12.1 Å². The predicted octanol–water partition coefficient (Wildman–Crippen LogP) is 4.08. The lowest BCUT2D eigenvalue weighted by Gasteiger charge is -2.11. The summed E-state index contributed by atoms with van der Waals surface area (Å²) in [5.74, 6) is 0.922. The molecule has 3 nitrogen and oxygen atoms in total. The number of aromatic nitrogens is 1. The molecule has 2 aromatic rings. The molecule has 0 fully saturated rings. The van der Waals surface area contributed by atoms with Crippen LogP contribution in [0.15, 0.2) is 34.9 Å². The first-order chi connectivity index (χ1) is 9.10. The number of pyridine rings is 1. The van der Waals surface area contributed by atoms with E-state index in [0.29, 0.717) is 0 Å². The van der Waals surface area contributed by atoms with Crippen molar-refractivity contribution in [2.24, 2.45) is 0 Å². The lowest BCUT2D eigenvalue weighted by Crippen LogP contribution is -2.02. The molecule has 2 rings (SSSR count). The highest BCUT2D eigenvalue weighted by molar-refractivity contribution is 9.10. The number of nitrogens with zero attached hydrogens (tertiary/aromatic N) is 1. The van der Waals surface area contributed by atoms with E-state index in [0.717, 1.165) is 33.8 Å². The average Bonchev–Trinajstić information content (AvgIpc) is 2.38. The normalized spacial score (nSPS) is 10.3. The molecule has 1 aromatic carbocycles. The van der Waals surface area contributed by atoms with E-state index >= 15 is 0 Å². The molecule has 1 aromatic heterocycles. The van der Waals surface area contributed by atoms with E-state index in [-0.39, 0.29) is 0 Å². The van der Waals surface area contributed by atoms with Crippen molar-refractivity contribution in [1.29, 1.82) is 0 Å². The van der Waals surface area contributed by atoms with Gasteiger partial charge in [0.1, 0.15) is 10.4 Å². The predicted molar refractivity (Wildman–Crippen MR) is 81.7 cm³/mol. The fourth-order valence-electron chi connectivity index (χ4n) is 1.97. The number of ether oxygens (including phenoxy) is 1. The summed E-state index contributed by atoms with van der Waals surface area (Å²) in [6.07, 6.45) is 0. The second-order valence-electron chi connectivity index (χ2n) is 4.42. The number of hydrogen-bond acceptors (Lipinski definition) is 3. The van der Waals surface area contributed by atoms with Crippen molar-refractivity contribution >= 4 is 21.6 Å². The first-order valence-corrected chi connectivity index (χ1v) is 6.90. The highest BCUT2D eigenvalue weighted by Crippen LogP contribution is 2.20. The summed E-state index contributed by atoms with van der Waals surface area (Å²) in [7, 11) is 1.69. The number of nitrogens with one attached hydrogen (secondary N) is 1. The molecule has 0 aliphatic carbocycles. The summed E-state index contributed by atoms with van der Waals surface area (Å²) < 4.78 is 6.12. The molecule has 0 saturated heterocycles. The number of methoxy groups -OCH3 is 1. The molecule has 4 heteroatoms. The van der Waals surface area contributed by atoms with Crippen LogP contribution in [0.25, 0.3) is 0 Å². The second kappa shape index (κ2) is 6.06. The summed E-state index contributed by atoms with van der Waals surface area (Å²) >= 11 is 3.36. The third-order valence-electron chi connectivity index (χ3n) is 2.99. The smallest absolute Gasteiger partial charge is 0.121 e. The number of halogens is 1. The minimum absolute atomic E-state index is 0.773. The van der Waals surface area contributed by atoms with Gasteiger partial charge >= 0.3 is 0 Å². The Morgan fingerprint density at radius 3 is 2.63 bits per heavy atom. The number of hydrogen-bond donors (Lipinski definition) is 1. The van der Waals surface area contributed by atoms with Crippen LogP contribution in [0, 0.1) is 13.8 Å². The maximum atomic E-state index is 5.26. The molecule has 100 valence electrons. The number of rotatable bonds is 4. The zero-order chi connectivity index (χ0) is 13.8. The first kappa shape index (κ1) is 13.9. The van der Waals surface area contributed by atoms with Gasteiger partial charge in [0.05, 0.1) is 18.5 Å². The van der Waals surface area contributed by atoms with Crippen LogP contribution in [0.4, 0.5) is 5.69 Å². The molecule has 1 heterocycles. The van der Waals surface area contributed by atoms with E-state index in [4.69, 9.17) is 4.74 Å². The lowest BCUT2D eigenvalue weighted by atomic mass is 10.1. The zero-order valence-corrected chi connectivity index (χ0v) is 12.9. The Bertz CT molecular complexity index is 584. The van der Waals surface area contributed by atoms with Crippen LogP contribution in [0.3, 0.4) is 0 Å². The Balaban J connectivity index is 2.08.